The lowest BCUT2D eigenvalue weighted by molar-refractivity contribution is -0.141. The van der Waals surface area contributed by atoms with Crippen molar-refractivity contribution in [1.29, 1.82) is 0 Å². The van der Waals surface area contributed by atoms with Crippen LogP contribution in [0.3, 0.4) is 0 Å². The summed E-state index contributed by atoms with van der Waals surface area (Å²) < 4.78 is 1.79. The maximum absolute atomic E-state index is 13.0. The van der Waals surface area contributed by atoms with Crippen LogP contribution in [0.15, 0.2) is 24.4 Å². The molecule has 32 heavy (non-hydrogen) atoms. The van der Waals surface area contributed by atoms with Crippen molar-refractivity contribution in [3.8, 4) is 0 Å². The van der Waals surface area contributed by atoms with E-state index in [0.717, 1.165) is 29.9 Å². The van der Waals surface area contributed by atoms with Crippen molar-refractivity contribution in [2.24, 2.45) is 5.92 Å². The topological polar surface area (TPSA) is 91.6 Å². The summed E-state index contributed by atoms with van der Waals surface area (Å²) in [5.74, 6) is -0.108. The molecule has 1 atom stereocenters. The molecular weight excluding hydrogens is 408 g/mol. The van der Waals surface area contributed by atoms with Crippen molar-refractivity contribution in [3.63, 3.8) is 0 Å². The summed E-state index contributed by atoms with van der Waals surface area (Å²) in [6.45, 7) is 6.90. The van der Waals surface area contributed by atoms with Gasteiger partial charge in [-0.1, -0.05) is 11.3 Å². The second-order valence-electron chi connectivity index (χ2n) is 9.18. The molecule has 1 aromatic heterocycles. The Balaban J connectivity index is 1.16. The first-order valence-corrected chi connectivity index (χ1v) is 11.2. The van der Waals surface area contributed by atoms with E-state index in [0.29, 0.717) is 32.6 Å². The first-order chi connectivity index (χ1) is 15.4. The predicted octanol–water partition coefficient (Wildman–Crippen LogP) is 1.45. The first-order valence-electron chi connectivity index (χ1n) is 11.2. The van der Waals surface area contributed by atoms with Crippen molar-refractivity contribution in [3.05, 3.63) is 41.2 Å². The molecule has 0 spiro atoms. The molecular formula is C23H28N6O3. The minimum atomic E-state index is -0.308. The second-order valence-corrected chi connectivity index (χ2v) is 9.18. The molecule has 3 saturated heterocycles. The van der Waals surface area contributed by atoms with E-state index in [-0.39, 0.29) is 36.1 Å². The zero-order valence-corrected chi connectivity index (χ0v) is 18.5. The van der Waals surface area contributed by atoms with Gasteiger partial charge in [0.2, 0.25) is 17.7 Å². The summed E-state index contributed by atoms with van der Waals surface area (Å²) in [6.07, 6.45) is 3.64. The van der Waals surface area contributed by atoms with E-state index in [4.69, 9.17) is 0 Å². The van der Waals surface area contributed by atoms with Gasteiger partial charge in [0, 0.05) is 44.7 Å². The Bertz CT molecular complexity index is 1070. The summed E-state index contributed by atoms with van der Waals surface area (Å²) in [5.41, 5.74) is 3.96. The van der Waals surface area contributed by atoms with Crippen molar-refractivity contribution in [2.45, 2.75) is 45.7 Å². The summed E-state index contributed by atoms with van der Waals surface area (Å²) in [7, 11) is 0. The molecule has 1 aromatic carbocycles. The number of anilines is 1. The molecule has 0 N–H and O–H groups in total. The molecule has 2 aromatic rings. The van der Waals surface area contributed by atoms with Crippen LogP contribution in [0.25, 0.3) is 0 Å². The molecule has 3 amide bonds. The van der Waals surface area contributed by atoms with Crippen LogP contribution in [-0.4, -0.2) is 68.7 Å². The molecule has 9 nitrogen and oxygen atoms in total. The largest absolute Gasteiger partial charge is 0.338 e. The van der Waals surface area contributed by atoms with E-state index >= 15 is 0 Å². The third-order valence-corrected chi connectivity index (χ3v) is 6.91. The summed E-state index contributed by atoms with van der Waals surface area (Å²) in [6, 6.07) is 6.06. The lowest BCUT2D eigenvalue weighted by Crippen LogP contribution is -2.53. The highest BCUT2D eigenvalue weighted by Gasteiger charge is 2.41. The van der Waals surface area contributed by atoms with Gasteiger partial charge in [0.15, 0.2) is 0 Å². The normalized spacial score (nSPS) is 21.6. The molecule has 0 saturated carbocycles. The Morgan fingerprint density at radius 2 is 1.91 bits per heavy atom. The van der Waals surface area contributed by atoms with Crippen molar-refractivity contribution in [2.75, 3.05) is 31.1 Å². The lowest BCUT2D eigenvalue weighted by Gasteiger charge is -2.40. The van der Waals surface area contributed by atoms with Gasteiger partial charge in [0.25, 0.3) is 0 Å². The maximum atomic E-state index is 13.0. The Morgan fingerprint density at radius 1 is 1.09 bits per heavy atom. The average Bonchev–Trinajstić information content (AvgIpc) is 3.45. The number of hydrogen-bond donors (Lipinski definition) is 0. The standard InChI is InChI=1S/C23H28N6O3/c1-15-5-6-19(8-16(15)2)28-10-17(9-22(28)31)23(32)27-13-20(14-27)29-12-18(24-25-29)11-26-7-3-4-21(26)30/h5-6,8,12,17,20H,3-4,7,9-11,13-14H2,1-2H3. The van der Waals surface area contributed by atoms with E-state index in [2.05, 4.69) is 10.3 Å². The summed E-state index contributed by atoms with van der Waals surface area (Å²) >= 11 is 0. The molecule has 168 valence electrons. The van der Waals surface area contributed by atoms with Gasteiger partial charge in [-0.25, -0.2) is 4.68 Å². The second kappa shape index (κ2) is 8.03. The highest BCUT2D eigenvalue weighted by atomic mass is 16.2. The summed E-state index contributed by atoms with van der Waals surface area (Å²) in [4.78, 5) is 42.7. The highest BCUT2D eigenvalue weighted by molar-refractivity contribution is 6.00. The van der Waals surface area contributed by atoms with Crippen LogP contribution >= 0.6 is 0 Å². The molecule has 9 heteroatoms. The van der Waals surface area contributed by atoms with Crippen molar-refractivity contribution < 1.29 is 14.4 Å². The minimum absolute atomic E-state index is 0.000976. The van der Waals surface area contributed by atoms with Crippen LogP contribution < -0.4 is 4.90 Å². The first kappa shape index (κ1) is 20.7. The monoisotopic (exact) mass is 436 g/mol. The van der Waals surface area contributed by atoms with Crippen LogP contribution in [0.1, 0.15) is 42.1 Å². The Kier molecular flexibility index (Phi) is 5.19. The molecule has 1 unspecified atom stereocenters. The van der Waals surface area contributed by atoms with Crippen LogP contribution in [0.5, 0.6) is 0 Å². The minimum Gasteiger partial charge on any atom is -0.338 e. The van der Waals surface area contributed by atoms with Gasteiger partial charge in [0.05, 0.1) is 24.7 Å². The van der Waals surface area contributed by atoms with E-state index in [1.54, 1.807) is 14.5 Å². The number of aryl methyl sites for hydroxylation is 2. The number of benzene rings is 1. The highest BCUT2D eigenvalue weighted by Crippen LogP contribution is 2.30. The molecule has 0 radical (unpaired) electrons. The van der Waals surface area contributed by atoms with Crippen molar-refractivity contribution >= 4 is 23.4 Å². The molecule has 5 rings (SSSR count). The third-order valence-electron chi connectivity index (χ3n) is 6.91. The third kappa shape index (κ3) is 3.76. The van der Waals surface area contributed by atoms with Gasteiger partial charge in [-0.2, -0.15) is 0 Å². The zero-order chi connectivity index (χ0) is 22.4. The SMILES string of the molecule is Cc1ccc(N2CC(C(=O)N3CC(n4cc(CN5CCCC5=O)nn4)C3)CC2=O)cc1C. The van der Waals surface area contributed by atoms with Gasteiger partial charge < -0.3 is 14.7 Å². The number of nitrogens with zero attached hydrogens (tertiary/aromatic N) is 6. The van der Waals surface area contributed by atoms with Gasteiger partial charge in [-0.15, -0.1) is 5.10 Å². The van der Waals surface area contributed by atoms with E-state index in [1.807, 2.05) is 43.1 Å². The number of amides is 3. The van der Waals surface area contributed by atoms with E-state index in [9.17, 15) is 14.4 Å². The number of carbonyl (C=O) groups is 3. The molecule has 3 aliphatic rings. The molecule has 4 heterocycles. The van der Waals surface area contributed by atoms with Gasteiger partial charge in [-0.3, -0.25) is 14.4 Å². The summed E-state index contributed by atoms with van der Waals surface area (Å²) in [5, 5.41) is 8.40. The number of aromatic nitrogens is 3. The molecule has 0 aliphatic carbocycles. The van der Waals surface area contributed by atoms with Crippen molar-refractivity contribution in [1.82, 2.24) is 24.8 Å². The molecule has 3 fully saturated rings. The Labute approximate surface area is 187 Å². The number of hydrogen-bond acceptors (Lipinski definition) is 5. The van der Waals surface area contributed by atoms with Gasteiger partial charge >= 0.3 is 0 Å². The predicted molar refractivity (Wildman–Crippen MR) is 117 cm³/mol. The fourth-order valence-electron chi connectivity index (χ4n) is 4.71. The fraction of sp³-hybridized carbons (Fsp3) is 0.522. The van der Waals surface area contributed by atoms with Crippen LogP contribution in [0.2, 0.25) is 0 Å². The zero-order valence-electron chi connectivity index (χ0n) is 18.5. The van der Waals surface area contributed by atoms with Gasteiger partial charge in [-0.05, 0) is 43.5 Å². The Hall–Kier alpha value is -3.23. The lowest BCUT2D eigenvalue weighted by atomic mass is 10.0. The molecule has 3 aliphatic heterocycles. The van der Waals surface area contributed by atoms with Gasteiger partial charge in [0.1, 0.15) is 5.69 Å². The van der Waals surface area contributed by atoms with E-state index in [1.165, 1.54) is 5.56 Å². The number of rotatable bonds is 5. The van der Waals surface area contributed by atoms with Crippen LogP contribution in [0.4, 0.5) is 5.69 Å². The number of likely N-dealkylation sites (tertiary alicyclic amines) is 2. The fourth-order valence-corrected chi connectivity index (χ4v) is 4.71. The Morgan fingerprint density at radius 3 is 2.62 bits per heavy atom. The molecule has 0 bridgehead atoms. The average molecular weight is 437 g/mol. The van der Waals surface area contributed by atoms with Crippen LogP contribution in [0, 0.1) is 19.8 Å². The maximum Gasteiger partial charge on any atom is 0.228 e. The van der Waals surface area contributed by atoms with E-state index < -0.39 is 0 Å². The quantitative estimate of drug-likeness (QED) is 0.708. The smallest absolute Gasteiger partial charge is 0.228 e. The number of carbonyl (C=O) groups excluding carboxylic acids is 3. The van der Waals surface area contributed by atoms with Crippen LogP contribution in [-0.2, 0) is 20.9 Å².